The van der Waals surface area contributed by atoms with Gasteiger partial charge >= 0.3 is 0 Å². The number of amides is 1. The van der Waals surface area contributed by atoms with Gasteiger partial charge in [-0.15, -0.1) is 11.3 Å². The van der Waals surface area contributed by atoms with E-state index in [0.29, 0.717) is 23.6 Å². The Kier molecular flexibility index (Phi) is 5.44. The van der Waals surface area contributed by atoms with Crippen molar-refractivity contribution in [2.24, 2.45) is 0 Å². The summed E-state index contributed by atoms with van der Waals surface area (Å²) >= 11 is 1.57. The highest BCUT2D eigenvalue weighted by atomic mass is 32.1. The molecule has 0 fully saturated rings. The zero-order chi connectivity index (χ0) is 20.2. The summed E-state index contributed by atoms with van der Waals surface area (Å²) in [7, 11) is 0. The molecule has 4 aromatic rings. The molecule has 1 amide bonds. The second kappa shape index (κ2) is 8.32. The van der Waals surface area contributed by atoms with Crippen LogP contribution in [0.1, 0.15) is 26.5 Å². The molecule has 0 unspecified atom stereocenters. The fraction of sp³-hybridized carbons (Fsp3) is 0.130. The van der Waals surface area contributed by atoms with Crippen molar-refractivity contribution in [3.63, 3.8) is 0 Å². The second-order valence-corrected chi connectivity index (χ2v) is 7.92. The van der Waals surface area contributed by atoms with E-state index in [9.17, 15) is 9.59 Å². The van der Waals surface area contributed by atoms with E-state index in [1.54, 1.807) is 23.5 Å². The largest absolute Gasteiger partial charge is 0.488 e. The minimum atomic E-state index is -0.189. The first-order chi connectivity index (χ1) is 14.1. The van der Waals surface area contributed by atoms with Gasteiger partial charge < -0.3 is 15.0 Å². The first kappa shape index (κ1) is 19.0. The Hall–Kier alpha value is -3.38. The number of fused-ring (bicyclic) bond motifs is 1. The Morgan fingerprint density at radius 2 is 1.83 bits per heavy atom. The van der Waals surface area contributed by atoms with Gasteiger partial charge in [-0.3, -0.25) is 9.59 Å². The number of hydrogen-bond acceptors (Lipinski definition) is 4. The van der Waals surface area contributed by atoms with Crippen LogP contribution in [0, 0.1) is 6.92 Å². The molecule has 0 radical (unpaired) electrons. The lowest BCUT2D eigenvalue weighted by Crippen LogP contribution is -2.24. The smallest absolute Gasteiger partial charge is 0.253 e. The Morgan fingerprint density at radius 1 is 1.03 bits per heavy atom. The number of thiophene rings is 1. The quantitative estimate of drug-likeness (QED) is 0.500. The summed E-state index contributed by atoms with van der Waals surface area (Å²) in [5, 5.41) is 3.73. The summed E-state index contributed by atoms with van der Waals surface area (Å²) in [6, 6.07) is 20.6. The Labute approximate surface area is 172 Å². The van der Waals surface area contributed by atoms with E-state index in [1.165, 1.54) is 6.07 Å². The summed E-state index contributed by atoms with van der Waals surface area (Å²) < 4.78 is 7.07. The predicted molar refractivity (Wildman–Crippen MR) is 116 cm³/mol. The van der Waals surface area contributed by atoms with E-state index in [-0.39, 0.29) is 18.0 Å². The van der Waals surface area contributed by atoms with Crippen LogP contribution in [-0.2, 0) is 13.2 Å². The van der Waals surface area contributed by atoms with Crippen molar-refractivity contribution in [1.29, 1.82) is 0 Å². The van der Waals surface area contributed by atoms with E-state index in [4.69, 9.17) is 4.74 Å². The molecule has 2 aromatic carbocycles. The third kappa shape index (κ3) is 4.22. The molecule has 0 spiro atoms. The summed E-state index contributed by atoms with van der Waals surface area (Å²) in [4.78, 5) is 28.1. The maximum Gasteiger partial charge on any atom is 0.253 e. The number of aromatic nitrogens is 1. The average Bonchev–Trinajstić information content (AvgIpc) is 3.08. The number of benzene rings is 2. The number of carbonyl (C=O) groups excluding carboxylic acids is 1. The summed E-state index contributed by atoms with van der Waals surface area (Å²) in [6.45, 7) is 2.62. The van der Waals surface area contributed by atoms with Gasteiger partial charge in [0.2, 0.25) is 5.56 Å². The Balaban J connectivity index is 1.60. The van der Waals surface area contributed by atoms with Crippen molar-refractivity contribution < 1.29 is 9.53 Å². The number of pyridine rings is 1. The van der Waals surface area contributed by atoms with E-state index in [1.807, 2.05) is 55.5 Å². The highest BCUT2D eigenvalue weighted by Gasteiger charge is 2.20. The third-order valence-electron chi connectivity index (χ3n) is 4.59. The van der Waals surface area contributed by atoms with Crippen molar-refractivity contribution in [1.82, 2.24) is 10.3 Å². The number of H-pyrrole nitrogens is 1. The normalized spacial score (nSPS) is 10.8. The minimum absolute atomic E-state index is 0.186. The maximum absolute atomic E-state index is 13.0. The molecule has 0 saturated carbocycles. The molecule has 2 aromatic heterocycles. The average molecular weight is 404 g/mol. The van der Waals surface area contributed by atoms with Crippen molar-refractivity contribution >= 4 is 27.3 Å². The molecule has 0 bridgehead atoms. The molecule has 0 aliphatic heterocycles. The van der Waals surface area contributed by atoms with Gasteiger partial charge in [0.1, 0.15) is 12.4 Å². The lowest BCUT2D eigenvalue weighted by molar-refractivity contribution is 0.0951. The summed E-state index contributed by atoms with van der Waals surface area (Å²) in [5.74, 6) is 0.503. The molecular formula is C23H20N2O3S. The number of hydrogen-bond donors (Lipinski definition) is 2. The number of aryl methyl sites for hydroxylation is 1. The van der Waals surface area contributed by atoms with Crippen LogP contribution in [-0.4, -0.2) is 10.9 Å². The fourth-order valence-corrected chi connectivity index (χ4v) is 4.30. The molecule has 29 heavy (non-hydrogen) atoms. The van der Waals surface area contributed by atoms with E-state index >= 15 is 0 Å². The molecule has 6 heteroatoms. The molecule has 2 N–H and O–H groups in total. The van der Waals surface area contributed by atoms with Crippen LogP contribution in [0.25, 0.3) is 10.1 Å². The molecule has 2 heterocycles. The molecule has 146 valence electrons. The zero-order valence-corrected chi connectivity index (χ0v) is 16.7. The second-order valence-electron chi connectivity index (χ2n) is 6.66. The molecule has 0 aliphatic carbocycles. The maximum atomic E-state index is 13.0. The molecule has 4 rings (SSSR count). The first-order valence-corrected chi connectivity index (χ1v) is 10.1. The first-order valence-electron chi connectivity index (χ1n) is 9.27. The molecule has 0 saturated heterocycles. The molecule has 0 aliphatic rings. The fourth-order valence-electron chi connectivity index (χ4n) is 3.22. The number of rotatable bonds is 6. The van der Waals surface area contributed by atoms with Crippen LogP contribution in [0.4, 0.5) is 0 Å². The lowest BCUT2D eigenvalue weighted by atomic mass is 10.1. The highest BCUT2D eigenvalue weighted by Crippen LogP contribution is 2.37. The van der Waals surface area contributed by atoms with Crippen LogP contribution in [0.5, 0.6) is 5.75 Å². The van der Waals surface area contributed by atoms with Crippen molar-refractivity contribution in [2.75, 3.05) is 0 Å². The van der Waals surface area contributed by atoms with Gasteiger partial charge in [0.05, 0.1) is 12.1 Å². The van der Waals surface area contributed by atoms with Gasteiger partial charge in [0, 0.05) is 26.7 Å². The zero-order valence-electron chi connectivity index (χ0n) is 15.9. The number of aromatic amines is 1. The van der Waals surface area contributed by atoms with Gasteiger partial charge in [-0.1, -0.05) is 42.5 Å². The standard InChI is InChI=1S/C23H20N2O3S/c1-15-21(23(27)24-13-17-9-5-12-20(26)25-17)22-18(10-6-11-19(22)29-15)28-14-16-7-3-2-4-8-16/h2-12H,13-14H2,1H3,(H,24,27)(H,25,26). The molecule has 0 atom stereocenters. The third-order valence-corrected chi connectivity index (χ3v) is 5.66. The van der Waals surface area contributed by atoms with Crippen LogP contribution < -0.4 is 15.6 Å². The minimum Gasteiger partial charge on any atom is -0.488 e. The van der Waals surface area contributed by atoms with Crippen molar-refractivity contribution in [3.05, 3.63) is 98.8 Å². The Morgan fingerprint density at radius 3 is 2.62 bits per heavy atom. The van der Waals surface area contributed by atoms with Crippen LogP contribution in [0.15, 0.2) is 71.5 Å². The molecular weight excluding hydrogens is 384 g/mol. The monoisotopic (exact) mass is 404 g/mol. The van der Waals surface area contributed by atoms with E-state index in [0.717, 1.165) is 20.5 Å². The van der Waals surface area contributed by atoms with Gasteiger partial charge in [-0.25, -0.2) is 0 Å². The number of carbonyl (C=O) groups is 1. The highest BCUT2D eigenvalue weighted by molar-refractivity contribution is 7.19. The topological polar surface area (TPSA) is 71.2 Å². The van der Waals surface area contributed by atoms with Crippen LogP contribution in [0.2, 0.25) is 0 Å². The van der Waals surface area contributed by atoms with Crippen LogP contribution >= 0.6 is 11.3 Å². The summed E-state index contributed by atoms with van der Waals surface area (Å²) in [5.41, 5.74) is 2.15. The number of ether oxygens (including phenoxy) is 1. The van der Waals surface area contributed by atoms with Crippen LogP contribution in [0.3, 0.4) is 0 Å². The van der Waals surface area contributed by atoms with E-state index < -0.39 is 0 Å². The van der Waals surface area contributed by atoms with Gasteiger partial charge in [-0.2, -0.15) is 0 Å². The summed E-state index contributed by atoms with van der Waals surface area (Å²) in [6.07, 6.45) is 0. The molecule has 5 nitrogen and oxygen atoms in total. The van der Waals surface area contributed by atoms with Gasteiger partial charge in [0.25, 0.3) is 5.91 Å². The lowest BCUT2D eigenvalue weighted by Gasteiger charge is -2.10. The van der Waals surface area contributed by atoms with Gasteiger partial charge in [-0.05, 0) is 30.7 Å². The Bertz CT molecular complexity index is 1210. The van der Waals surface area contributed by atoms with Gasteiger partial charge in [0.15, 0.2) is 0 Å². The SMILES string of the molecule is Cc1sc2cccc(OCc3ccccc3)c2c1C(=O)NCc1cccc(=O)[nH]1. The van der Waals surface area contributed by atoms with Crippen molar-refractivity contribution in [3.8, 4) is 5.75 Å². The number of nitrogens with one attached hydrogen (secondary N) is 2. The van der Waals surface area contributed by atoms with Crippen molar-refractivity contribution in [2.45, 2.75) is 20.1 Å². The van der Waals surface area contributed by atoms with E-state index in [2.05, 4.69) is 10.3 Å². The predicted octanol–water partition coefficient (Wildman–Crippen LogP) is 4.41.